The molecule has 2 rings (SSSR count). The summed E-state index contributed by atoms with van der Waals surface area (Å²) in [5, 5.41) is 2.55. The van der Waals surface area contributed by atoms with E-state index in [2.05, 4.69) is 18.0 Å². The first-order chi connectivity index (χ1) is 8.60. The molecule has 0 saturated carbocycles. The Morgan fingerprint density at radius 2 is 2.11 bits per heavy atom. The second-order valence-electron chi connectivity index (χ2n) is 4.28. The van der Waals surface area contributed by atoms with Crippen molar-refractivity contribution in [1.29, 1.82) is 0 Å². The Bertz CT molecular complexity index is 575. The van der Waals surface area contributed by atoms with Gasteiger partial charge < -0.3 is 4.74 Å². The van der Waals surface area contributed by atoms with E-state index in [0.717, 1.165) is 22.6 Å². The van der Waals surface area contributed by atoms with Crippen LogP contribution in [0.5, 0.6) is 5.75 Å². The first-order valence-electron chi connectivity index (χ1n) is 5.70. The molecule has 0 radical (unpaired) electrons. The lowest BCUT2D eigenvalue weighted by molar-refractivity contribution is 0.111. The number of aryl methyl sites for hydroxylation is 2. The molecule has 0 unspecified atom stereocenters. The van der Waals surface area contributed by atoms with E-state index in [4.69, 9.17) is 4.74 Å². The Hall–Kier alpha value is -1.68. The summed E-state index contributed by atoms with van der Waals surface area (Å²) in [6.07, 6.45) is 0.752. The molecule has 18 heavy (non-hydrogen) atoms. The summed E-state index contributed by atoms with van der Waals surface area (Å²) in [4.78, 5) is 14.7. The van der Waals surface area contributed by atoms with Gasteiger partial charge in [0.25, 0.3) is 0 Å². The molecule has 1 heterocycles. The van der Waals surface area contributed by atoms with Gasteiger partial charge in [0.05, 0.1) is 0 Å². The predicted molar refractivity (Wildman–Crippen MR) is 72.5 cm³/mol. The monoisotopic (exact) mass is 261 g/mol. The molecule has 0 amide bonds. The summed E-state index contributed by atoms with van der Waals surface area (Å²) >= 11 is 1.44. The summed E-state index contributed by atoms with van der Waals surface area (Å²) in [6.45, 7) is 6.57. The summed E-state index contributed by atoms with van der Waals surface area (Å²) in [6, 6.07) is 4.16. The largest absolute Gasteiger partial charge is 0.486 e. The van der Waals surface area contributed by atoms with Crippen LogP contribution in [0.15, 0.2) is 17.5 Å². The zero-order valence-corrected chi connectivity index (χ0v) is 11.5. The molecule has 4 heteroatoms. The van der Waals surface area contributed by atoms with Crippen LogP contribution in [-0.4, -0.2) is 11.3 Å². The van der Waals surface area contributed by atoms with E-state index in [0.29, 0.717) is 12.3 Å². The van der Waals surface area contributed by atoms with Gasteiger partial charge in [0.2, 0.25) is 0 Å². The van der Waals surface area contributed by atoms with Crippen LogP contribution in [0.3, 0.4) is 0 Å². The van der Waals surface area contributed by atoms with E-state index < -0.39 is 0 Å². The lowest BCUT2D eigenvalue weighted by Crippen LogP contribution is -1.98. The van der Waals surface area contributed by atoms with Crippen molar-refractivity contribution in [1.82, 2.24) is 4.98 Å². The number of carbonyl (C=O) groups is 1. The fraction of sp³-hybridized carbons (Fsp3) is 0.286. The van der Waals surface area contributed by atoms with Gasteiger partial charge in [-0.25, -0.2) is 4.98 Å². The number of aldehydes is 1. The first kappa shape index (κ1) is 12.8. The van der Waals surface area contributed by atoms with Crippen molar-refractivity contribution in [3.63, 3.8) is 0 Å². The maximum absolute atomic E-state index is 10.5. The first-order valence-corrected chi connectivity index (χ1v) is 6.58. The molecule has 0 saturated heterocycles. The van der Waals surface area contributed by atoms with Gasteiger partial charge in [0, 0.05) is 5.38 Å². The Balaban J connectivity index is 2.12. The Morgan fingerprint density at radius 3 is 2.78 bits per heavy atom. The quantitative estimate of drug-likeness (QED) is 0.791. The molecular formula is C14H15NO2S. The van der Waals surface area contributed by atoms with Gasteiger partial charge in [-0.1, -0.05) is 6.07 Å². The smallest absolute Gasteiger partial charge is 0.169 e. The predicted octanol–water partition coefficient (Wildman–Crippen LogP) is 3.46. The number of ether oxygens (including phenoxy) is 1. The minimum atomic E-state index is 0.405. The van der Waals surface area contributed by atoms with Gasteiger partial charge in [0.15, 0.2) is 6.29 Å². The number of hydrogen-bond acceptors (Lipinski definition) is 4. The number of hydrogen-bond donors (Lipinski definition) is 0. The van der Waals surface area contributed by atoms with Gasteiger partial charge in [0.1, 0.15) is 23.1 Å². The van der Waals surface area contributed by atoms with Crippen molar-refractivity contribution >= 4 is 17.6 Å². The molecule has 0 atom stereocenters. The van der Waals surface area contributed by atoms with Crippen LogP contribution >= 0.6 is 11.3 Å². The Morgan fingerprint density at radius 1 is 1.33 bits per heavy atom. The van der Waals surface area contributed by atoms with Gasteiger partial charge in [-0.05, 0) is 43.5 Å². The maximum atomic E-state index is 10.5. The lowest BCUT2D eigenvalue weighted by atomic mass is 10.1. The van der Waals surface area contributed by atoms with Crippen LogP contribution in [0.4, 0.5) is 0 Å². The second kappa shape index (κ2) is 5.31. The van der Waals surface area contributed by atoms with E-state index >= 15 is 0 Å². The number of nitrogens with zero attached hydrogens (tertiary/aromatic N) is 1. The summed E-state index contributed by atoms with van der Waals surface area (Å²) in [5.74, 6) is 0.885. The molecule has 1 aromatic carbocycles. The third kappa shape index (κ3) is 2.76. The third-order valence-corrected chi connectivity index (χ3v) is 3.65. The molecule has 0 fully saturated rings. The summed E-state index contributed by atoms with van der Waals surface area (Å²) in [5.41, 5.74) is 4.02. The number of aromatic nitrogens is 1. The standard InChI is InChI=1S/C14H15NO2S/c1-9-4-10(2)11(3)13(5-9)17-7-14-15-12(6-16)8-18-14/h4-6,8H,7H2,1-3H3. The molecule has 0 N–H and O–H groups in total. The van der Waals surface area contributed by atoms with Crippen LogP contribution in [0.25, 0.3) is 0 Å². The Labute approximate surface area is 110 Å². The van der Waals surface area contributed by atoms with E-state index in [1.165, 1.54) is 22.5 Å². The molecule has 0 aliphatic rings. The highest BCUT2D eigenvalue weighted by atomic mass is 32.1. The van der Waals surface area contributed by atoms with Crippen molar-refractivity contribution in [3.05, 3.63) is 44.9 Å². The van der Waals surface area contributed by atoms with Crippen molar-refractivity contribution in [2.24, 2.45) is 0 Å². The van der Waals surface area contributed by atoms with Gasteiger partial charge in [-0.2, -0.15) is 0 Å². The fourth-order valence-electron chi connectivity index (χ4n) is 1.74. The zero-order chi connectivity index (χ0) is 13.1. The summed E-state index contributed by atoms with van der Waals surface area (Å²) in [7, 11) is 0. The molecule has 1 aromatic heterocycles. The van der Waals surface area contributed by atoms with E-state index in [9.17, 15) is 4.79 Å². The van der Waals surface area contributed by atoms with Crippen LogP contribution in [0.2, 0.25) is 0 Å². The van der Waals surface area contributed by atoms with Gasteiger partial charge >= 0.3 is 0 Å². The van der Waals surface area contributed by atoms with Crippen molar-refractivity contribution in [3.8, 4) is 5.75 Å². The minimum Gasteiger partial charge on any atom is -0.486 e. The molecule has 0 aliphatic carbocycles. The average Bonchev–Trinajstić information content (AvgIpc) is 2.80. The molecule has 94 valence electrons. The van der Waals surface area contributed by atoms with E-state index in [1.54, 1.807) is 5.38 Å². The Kier molecular flexibility index (Phi) is 3.77. The molecule has 3 nitrogen and oxygen atoms in total. The normalized spacial score (nSPS) is 10.4. The van der Waals surface area contributed by atoms with E-state index in [-0.39, 0.29) is 0 Å². The average molecular weight is 261 g/mol. The van der Waals surface area contributed by atoms with Crippen molar-refractivity contribution in [2.45, 2.75) is 27.4 Å². The topological polar surface area (TPSA) is 39.2 Å². The van der Waals surface area contributed by atoms with Crippen molar-refractivity contribution in [2.75, 3.05) is 0 Å². The number of carbonyl (C=O) groups excluding carboxylic acids is 1. The summed E-state index contributed by atoms with van der Waals surface area (Å²) < 4.78 is 5.77. The van der Waals surface area contributed by atoms with Crippen LogP contribution in [-0.2, 0) is 6.61 Å². The molecule has 0 bridgehead atoms. The van der Waals surface area contributed by atoms with Crippen molar-refractivity contribution < 1.29 is 9.53 Å². The lowest BCUT2D eigenvalue weighted by Gasteiger charge is -2.11. The van der Waals surface area contributed by atoms with Gasteiger partial charge in [-0.15, -0.1) is 11.3 Å². The minimum absolute atomic E-state index is 0.405. The maximum Gasteiger partial charge on any atom is 0.169 e. The third-order valence-electron chi connectivity index (χ3n) is 2.81. The second-order valence-corrected chi connectivity index (χ2v) is 5.22. The van der Waals surface area contributed by atoms with Crippen LogP contribution < -0.4 is 4.74 Å². The van der Waals surface area contributed by atoms with Crippen LogP contribution in [0.1, 0.15) is 32.2 Å². The highest BCUT2D eigenvalue weighted by Crippen LogP contribution is 2.24. The van der Waals surface area contributed by atoms with Gasteiger partial charge in [-0.3, -0.25) is 4.79 Å². The number of benzene rings is 1. The number of rotatable bonds is 4. The highest BCUT2D eigenvalue weighted by molar-refractivity contribution is 7.09. The van der Waals surface area contributed by atoms with Crippen LogP contribution in [0, 0.1) is 20.8 Å². The number of thiazole rings is 1. The zero-order valence-electron chi connectivity index (χ0n) is 10.7. The SMILES string of the molecule is Cc1cc(C)c(C)c(OCc2nc(C=O)cs2)c1. The molecular weight excluding hydrogens is 246 g/mol. The highest BCUT2D eigenvalue weighted by Gasteiger charge is 2.06. The molecule has 2 aromatic rings. The molecule has 0 aliphatic heterocycles. The molecule has 0 spiro atoms. The van der Waals surface area contributed by atoms with E-state index in [1.807, 2.05) is 19.9 Å². The fourth-order valence-corrected chi connectivity index (χ4v) is 2.39.